The van der Waals surface area contributed by atoms with Gasteiger partial charge in [0.05, 0.1) is 0 Å². The zero-order valence-electron chi connectivity index (χ0n) is 8.03. The van der Waals surface area contributed by atoms with Crippen LogP contribution >= 0.6 is 0 Å². The molecule has 0 fully saturated rings. The quantitative estimate of drug-likeness (QED) is 0.667. The number of para-hydroxylation sites is 1. The molecule has 74 valence electrons. The molecule has 0 aromatic heterocycles. The minimum absolute atomic E-state index is 0.0173. The number of ether oxygens (including phenoxy) is 2. The van der Waals surface area contributed by atoms with E-state index in [2.05, 4.69) is 0 Å². The van der Waals surface area contributed by atoms with Gasteiger partial charge in [0.2, 0.25) is 0 Å². The molecule has 14 heavy (non-hydrogen) atoms. The third-order valence-electron chi connectivity index (χ3n) is 2.19. The van der Waals surface area contributed by atoms with Gasteiger partial charge in [0.25, 0.3) is 0 Å². The van der Waals surface area contributed by atoms with E-state index in [1.54, 1.807) is 0 Å². The molecule has 0 saturated carbocycles. The summed E-state index contributed by atoms with van der Waals surface area (Å²) < 4.78 is 10.5. The lowest BCUT2D eigenvalue weighted by molar-refractivity contribution is -0.143. The number of benzene rings is 1. The van der Waals surface area contributed by atoms with Crippen LogP contribution in [0.4, 0.5) is 0 Å². The van der Waals surface area contributed by atoms with Gasteiger partial charge >= 0.3 is 5.97 Å². The summed E-state index contributed by atoms with van der Waals surface area (Å²) in [5.74, 6) is 0.647. The second kappa shape index (κ2) is 3.70. The fourth-order valence-corrected chi connectivity index (χ4v) is 1.56. The summed E-state index contributed by atoms with van der Waals surface area (Å²) in [7, 11) is 0. The van der Waals surface area contributed by atoms with E-state index in [1.807, 2.05) is 24.3 Å². The first-order chi connectivity index (χ1) is 6.75. The number of fused-ring (bicyclic) bond motifs is 1. The standard InChI is InChI=1S/C11H12O3/c1-8(12)13-7-10-6-9-4-2-3-5-11(9)14-10/h2-5,10H,6-7H2,1H3/t10-/m1/s1. The van der Waals surface area contributed by atoms with E-state index in [0.29, 0.717) is 6.61 Å². The highest BCUT2D eigenvalue weighted by molar-refractivity contribution is 5.65. The Kier molecular flexibility index (Phi) is 2.39. The Hall–Kier alpha value is -1.51. The molecular formula is C11H12O3. The Morgan fingerprint density at radius 1 is 1.57 bits per heavy atom. The monoisotopic (exact) mass is 192 g/mol. The molecule has 1 aromatic carbocycles. The van der Waals surface area contributed by atoms with Gasteiger partial charge in [0.1, 0.15) is 18.5 Å². The first kappa shape index (κ1) is 9.06. The third-order valence-corrected chi connectivity index (χ3v) is 2.19. The average molecular weight is 192 g/mol. The van der Waals surface area contributed by atoms with Gasteiger partial charge in [-0.3, -0.25) is 4.79 Å². The molecule has 1 heterocycles. The summed E-state index contributed by atoms with van der Waals surface area (Å²) in [6, 6.07) is 7.88. The maximum atomic E-state index is 10.6. The van der Waals surface area contributed by atoms with Crippen LogP contribution in [0.15, 0.2) is 24.3 Å². The molecule has 3 nitrogen and oxygen atoms in total. The van der Waals surface area contributed by atoms with Crippen molar-refractivity contribution in [1.29, 1.82) is 0 Å². The largest absolute Gasteiger partial charge is 0.486 e. The van der Waals surface area contributed by atoms with Gasteiger partial charge in [-0.15, -0.1) is 0 Å². The molecule has 0 spiro atoms. The normalized spacial score (nSPS) is 18.5. The minimum Gasteiger partial charge on any atom is -0.486 e. The molecule has 1 atom stereocenters. The first-order valence-corrected chi connectivity index (χ1v) is 4.63. The summed E-state index contributed by atoms with van der Waals surface area (Å²) in [5.41, 5.74) is 1.18. The summed E-state index contributed by atoms with van der Waals surface area (Å²) in [5, 5.41) is 0. The Morgan fingerprint density at radius 2 is 2.36 bits per heavy atom. The van der Waals surface area contributed by atoms with Crippen molar-refractivity contribution in [2.45, 2.75) is 19.4 Å². The van der Waals surface area contributed by atoms with Crippen molar-refractivity contribution in [1.82, 2.24) is 0 Å². The number of hydrogen-bond donors (Lipinski definition) is 0. The SMILES string of the molecule is CC(=O)OC[C@H]1Cc2ccccc2O1. The van der Waals surface area contributed by atoms with E-state index in [4.69, 9.17) is 9.47 Å². The van der Waals surface area contributed by atoms with Crippen molar-refractivity contribution in [3.63, 3.8) is 0 Å². The first-order valence-electron chi connectivity index (χ1n) is 4.63. The van der Waals surface area contributed by atoms with Crippen LogP contribution < -0.4 is 4.74 Å². The zero-order chi connectivity index (χ0) is 9.97. The summed E-state index contributed by atoms with van der Waals surface area (Å²) in [6.07, 6.45) is 0.806. The fourth-order valence-electron chi connectivity index (χ4n) is 1.56. The maximum absolute atomic E-state index is 10.6. The lowest BCUT2D eigenvalue weighted by atomic mass is 10.1. The Morgan fingerprint density at radius 3 is 3.07 bits per heavy atom. The van der Waals surface area contributed by atoms with Crippen LogP contribution in [0.5, 0.6) is 5.75 Å². The van der Waals surface area contributed by atoms with Crippen LogP contribution in [0.25, 0.3) is 0 Å². The molecule has 1 aliphatic rings. The highest BCUT2D eigenvalue weighted by Gasteiger charge is 2.22. The van der Waals surface area contributed by atoms with Gasteiger partial charge in [-0.1, -0.05) is 18.2 Å². The van der Waals surface area contributed by atoms with Crippen LogP contribution in [-0.4, -0.2) is 18.7 Å². The molecule has 1 aromatic rings. The average Bonchev–Trinajstić information content (AvgIpc) is 2.57. The Balaban J connectivity index is 1.95. The molecule has 3 heteroatoms. The van der Waals surface area contributed by atoms with Crippen molar-refractivity contribution in [2.75, 3.05) is 6.61 Å². The zero-order valence-corrected chi connectivity index (χ0v) is 8.03. The summed E-state index contributed by atoms with van der Waals surface area (Å²) in [4.78, 5) is 10.6. The van der Waals surface area contributed by atoms with Crippen LogP contribution in [0.1, 0.15) is 12.5 Å². The van der Waals surface area contributed by atoms with Crippen molar-refractivity contribution in [3.8, 4) is 5.75 Å². The number of esters is 1. The molecule has 0 N–H and O–H groups in total. The van der Waals surface area contributed by atoms with E-state index in [1.165, 1.54) is 12.5 Å². The molecule has 0 saturated heterocycles. The van der Waals surface area contributed by atoms with E-state index in [-0.39, 0.29) is 12.1 Å². The smallest absolute Gasteiger partial charge is 0.302 e. The maximum Gasteiger partial charge on any atom is 0.302 e. The molecule has 1 aliphatic heterocycles. The van der Waals surface area contributed by atoms with Crippen molar-refractivity contribution in [3.05, 3.63) is 29.8 Å². The van der Waals surface area contributed by atoms with Gasteiger partial charge in [0.15, 0.2) is 0 Å². The molecule has 0 radical (unpaired) electrons. The van der Waals surface area contributed by atoms with Crippen LogP contribution in [0, 0.1) is 0 Å². The molecule has 0 bridgehead atoms. The lowest BCUT2D eigenvalue weighted by Crippen LogP contribution is -2.21. The number of carbonyl (C=O) groups excluding carboxylic acids is 1. The van der Waals surface area contributed by atoms with E-state index < -0.39 is 0 Å². The number of rotatable bonds is 2. The van der Waals surface area contributed by atoms with Gasteiger partial charge < -0.3 is 9.47 Å². The fraction of sp³-hybridized carbons (Fsp3) is 0.364. The van der Waals surface area contributed by atoms with Crippen molar-refractivity contribution in [2.24, 2.45) is 0 Å². The van der Waals surface area contributed by atoms with Gasteiger partial charge in [0, 0.05) is 13.3 Å². The molecule has 2 rings (SSSR count). The predicted molar refractivity (Wildman–Crippen MR) is 51.2 cm³/mol. The van der Waals surface area contributed by atoms with Gasteiger partial charge in [-0.25, -0.2) is 0 Å². The number of carbonyl (C=O) groups is 1. The molecule has 0 aliphatic carbocycles. The molecule has 0 amide bonds. The highest BCUT2D eigenvalue weighted by atomic mass is 16.6. The van der Waals surface area contributed by atoms with Crippen LogP contribution in [0.3, 0.4) is 0 Å². The second-order valence-corrected chi connectivity index (χ2v) is 3.35. The van der Waals surface area contributed by atoms with Gasteiger partial charge in [-0.2, -0.15) is 0 Å². The number of hydrogen-bond acceptors (Lipinski definition) is 3. The van der Waals surface area contributed by atoms with Gasteiger partial charge in [-0.05, 0) is 11.6 Å². The molecular weight excluding hydrogens is 180 g/mol. The van der Waals surface area contributed by atoms with E-state index in [9.17, 15) is 4.79 Å². The van der Waals surface area contributed by atoms with Crippen LogP contribution in [0.2, 0.25) is 0 Å². The highest BCUT2D eigenvalue weighted by Crippen LogP contribution is 2.27. The molecule has 0 unspecified atom stereocenters. The van der Waals surface area contributed by atoms with Crippen LogP contribution in [-0.2, 0) is 16.0 Å². The predicted octanol–water partition coefficient (Wildman–Crippen LogP) is 1.55. The van der Waals surface area contributed by atoms with Crippen molar-refractivity contribution < 1.29 is 14.3 Å². The summed E-state index contributed by atoms with van der Waals surface area (Å²) >= 11 is 0. The van der Waals surface area contributed by atoms with E-state index in [0.717, 1.165) is 12.2 Å². The third kappa shape index (κ3) is 1.87. The minimum atomic E-state index is -0.260. The Bertz CT molecular complexity index is 321. The van der Waals surface area contributed by atoms with E-state index >= 15 is 0 Å². The Labute approximate surface area is 82.6 Å². The second-order valence-electron chi connectivity index (χ2n) is 3.35. The lowest BCUT2D eigenvalue weighted by Gasteiger charge is -2.09. The topological polar surface area (TPSA) is 35.5 Å². The summed E-state index contributed by atoms with van der Waals surface area (Å²) in [6.45, 7) is 1.74. The van der Waals surface area contributed by atoms with Crippen molar-refractivity contribution >= 4 is 5.97 Å².